The van der Waals surface area contributed by atoms with Crippen LogP contribution in [0.3, 0.4) is 0 Å². The normalized spacial score (nSPS) is 17.2. The Morgan fingerprint density at radius 1 is 0.889 bits per heavy atom. The van der Waals surface area contributed by atoms with Crippen molar-refractivity contribution < 1.29 is 9.59 Å². The van der Waals surface area contributed by atoms with Gasteiger partial charge in [-0.1, -0.05) is 71.2 Å². The average Bonchev–Trinajstić information content (AvgIpc) is 2.88. The van der Waals surface area contributed by atoms with Gasteiger partial charge in [0, 0.05) is 17.2 Å². The summed E-state index contributed by atoms with van der Waals surface area (Å²) in [6.07, 6.45) is 12.7. The van der Waals surface area contributed by atoms with Crippen LogP contribution in [-0.4, -0.2) is 11.7 Å². The number of aryl methyl sites for hydroxylation is 3. The van der Waals surface area contributed by atoms with Crippen LogP contribution in [0.2, 0.25) is 0 Å². The predicted octanol–water partition coefficient (Wildman–Crippen LogP) is 8.90. The molecule has 0 aromatic heterocycles. The third-order valence-electron chi connectivity index (χ3n) is 7.71. The number of rotatable bonds is 10. The quantitative estimate of drug-likeness (QED) is 0.337. The van der Waals surface area contributed by atoms with Crippen molar-refractivity contribution in [1.82, 2.24) is 0 Å². The molecule has 3 nitrogen and oxygen atoms in total. The fourth-order valence-electron chi connectivity index (χ4n) is 5.52. The largest absolute Gasteiger partial charge is 0.326 e. The number of carbonyl (C=O) groups excluding carboxylic acids is 2. The molecule has 0 spiro atoms. The van der Waals surface area contributed by atoms with E-state index in [-0.39, 0.29) is 17.6 Å². The van der Waals surface area contributed by atoms with E-state index in [1.165, 1.54) is 60.8 Å². The van der Waals surface area contributed by atoms with E-state index >= 15 is 0 Å². The highest BCUT2D eigenvalue weighted by Gasteiger charge is 2.26. The van der Waals surface area contributed by atoms with Crippen molar-refractivity contribution in [3.8, 4) is 0 Å². The maximum absolute atomic E-state index is 12.6. The first kappa shape index (κ1) is 29.8. The Balaban J connectivity index is 0.000000319. The molecule has 0 heterocycles. The smallest absolute Gasteiger partial charge is 0.227 e. The zero-order valence-corrected chi connectivity index (χ0v) is 23.7. The van der Waals surface area contributed by atoms with Gasteiger partial charge in [-0.15, -0.1) is 0 Å². The van der Waals surface area contributed by atoms with Crippen molar-refractivity contribution in [1.29, 1.82) is 0 Å². The molecule has 0 unspecified atom stereocenters. The van der Waals surface area contributed by atoms with E-state index in [9.17, 15) is 9.59 Å². The molecule has 0 bridgehead atoms. The van der Waals surface area contributed by atoms with Gasteiger partial charge in [-0.25, -0.2) is 0 Å². The molecule has 1 aliphatic rings. The van der Waals surface area contributed by atoms with Crippen molar-refractivity contribution in [3.05, 3.63) is 64.2 Å². The summed E-state index contributed by atoms with van der Waals surface area (Å²) in [5.74, 6) is 1.46. The second-order valence-electron chi connectivity index (χ2n) is 10.4. The summed E-state index contributed by atoms with van der Waals surface area (Å²) in [6, 6.07) is 12.4. The number of amides is 1. The molecule has 1 fully saturated rings. The maximum atomic E-state index is 12.6. The SMILES string of the molecule is CCCCc1cc(NC(=O)C2CCC(CCC)CC2)ccc1CC.CCc1c(C)cccc1C(C)=O. The van der Waals surface area contributed by atoms with Crippen molar-refractivity contribution in [2.45, 2.75) is 112 Å². The van der Waals surface area contributed by atoms with Crippen LogP contribution in [0.15, 0.2) is 36.4 Å². The van der Waals surface area contributed by atoms with E-state index in [0.717, 1.165) is 49.3 Å². The Morgan fingerprint density at radius 2 is 1.61 bits per heavy atom. The molecule has 3 rings (SSSR count). The first-order chi connectivity index (χ1) is 17.3. The summed E-state index contributed by atoms with van der Waals surface area (Å²) in [6.45, 7) is 12.4. The lowest BCUT2D eigenvalue weighted by Crippen LogP contribution is -2.27. The van der Waals surface area contributed by atoms with E-state index in [4.69, 9.17) is 0 Å². The van der Waals surface area contributed by atoms with Crippen molar-refractivity contribution >= 4 is 17.4 Å². The number of ketones is 1. The lowest BCUT2D eigenvalue weighted by atomic mass is 9.79. The number of benzene rings is 2. The zero-order chi connectivity index (χ0) is 26.5. The van der Waals surface area contributed by atoms with Gasteiger partial charge < -0.3 is 5.32 Å². The van der Waals surface area contributed by atoms with Gasteiger partial charge in [-0.05, 0) is 106 Å². The third-order valence-corrected chi connectivity index (χ3v) is 7.71. The molecule has 0 aliphatic heterocycles. The Bertz CT molecular complexity index is 970. The zero-order valence-electron chi connectivity index (χ0n) is 23.7. The number of hydrogen-bond acceptors (Lipinski definition) is 2. The molecule has 2 aromatic carbocycles. The van der Waals surface area contributed by atoms with E-state index in [1.807, 2.05) is 25.1 Å². The fraction of sp³-hybridized carbons (Fsp3) is 0.576. The standard InChI is InChI=1S/C22H35NO.C11H14O/c1-4-7-9-20-16-21(15-14-18(20)6-3)23-22(24)19-12-10-17(8-5-2)11-13-19;1-4-10-8(2)6-5-7-11(10)9(3)12/h14-17,19H,4-13H2,1-3H3,(H,23,24);5-7H,4H2,1-3H3. The second kappa shape index (κ2) is 15.6. The summed E-state index contributed by atoms with van der Waals surface area (Å²) in [5, 5.41) is 3.19. The van der Waals surface area contributed by atoms with Crippen molar-refractivity contribution in [2.24, 2.45) is 11.8 Å². The molecule has 1 aliphatic carbocycles. The number of hydrogen-bond donors (Lipinski definition) is 1. The van der Waals surface area contributed by atoms with Gasteiger partial charge in [0.05, 0.1) is 0 Å². The maximum Gasteiger partial charge on any atom is 0.227 e. The van der Waals surface area contributed by atoms with Gasteiger partial charge in [0.1, 0.15) is 0 Å². The Hall–Kier alpha value is -2.42. The van der Waals surface area contributed by atoms with Gasteiger partial charge in [-0.2, -0.15) is 0 Å². The third kappa shape index (κ3) is 8.91. The van der Waals surface area contributed by atoms with E-state index in [2.05, 4.69) is 51.2 Å². The Labute approximate surface area is 220 Å². The van der Waals surface area contributed by atoms with Crippen LogP contribution >= 0.6 is 0 Å². The molecule has 2 aromatic rings. The van der Waals surface area contributed by atoms with Gasteiger partial charge >= 0.3 is 0 Å². The van der Waals surface area contributed by atoms with E-state index < -0.39 is 0 Å². The minimum Gasteiger partial charge on any atom is -0.326 e. The van der Waals surface area contributed by atoms with E-state index in [0.29, 0.717) is 0 Å². The molecule has 1 amide bonds. The fourth-order valence-corrected chi connectivity index (χ4v) is 5.52. The van der Waals surface area contributed by atoms with Crippen LogP contribution in [0.1, 0.15) is 119 Å². The predicted molar refractivity (Wildman–Crippen MR) is 154 cm³/mol. The molecule has 0 radical (unpaired) electrons. The Kier molecular flexibility index (Phi) is 12.9. The van der Waals surface area contributed by atoms with Crippen molar-refractivity contribution in [3.63, 3.8) is 0 Å². The van der Waals surface area contributed by atoms with Crippen LogP contribution in [-0.2, 0) is 24.1 Å². The first-order valence-electron chi connectivity index (χ1n) is 14.4. The van der Waals surface area contributed by atoms with Crippen LogP contribution in [0.4, 0.5) is 5.69 Å². The van der Waals surface area contributed by atoms with Gasteiger partial charge in [0.15, 0.2) is 5.78 Å². The average molecular weight is 492 g/mol. The summed E-state index contributed by atoms with van der Waals surface area (Å²) in [7, 11) is 0. The number of Topliss-reactive ketones (excluding diaryl/α,β-unsaturated/α-hetero) is 1. The van der Waals surface area contributed by atoms with Gasteiger partial charge in [0.2, 0.25) is 5.91 Å². The van der Waals surface area contributed by atoms with Crippen LogP contribution in [0, 0.1) is 18.8 Å². The molecular weight excluding hydrogens is 442 g/mol. The summed E-state index contributed by atoms with van der Waals surface area (Å²) >= 11 is 0. The highest BCUT2D eigenvalue weighted by atomic mass is 16.2. The lowest BCUT2D eigenvalue weighted by Gasteiger charge is -2.27. The Morgan fingerprint density at radius 3 is 2.17 bits per heavy atom. The van der Waals surface area contributed by atoms with Crippen LogP contribution in [0.5, 0.6) is 0 Å². The second-order valence-corrected chi connectivity index (χ2v) is 10.4. The van der Waals surface area contributed by atoms with Crippen LogP contribution < -0.4 is 5.32 Å². The number of carbonyl (C=O) groups is 2. The molecule has 0 atom stereocenters. The highest BCUT2D eigenvalue weighted by Crippen LogP contribution is 2.32. The molecule has 1 saturated carbocycles. The van der Waals surface area contributed by atoms with Crippen molar-refractivity contribution in [2.75, 3.05) is 5.32 Å². The summed E-state index contributed by atoms with van der Waals surface area (Å²) in [5.41, 5.74) is 7.08. The molecular formula is C33H49NO2. The van der Waals surface area contributed by atoms with Gasteiger partial charge in [0.25, 0.3) is 0 Å². The molecule has 3 heteroatoms. The molecule has 198 valence electrons. The number of nitrogens with one attached hydrogen (secondary N) is 1. The lowest BCUT2D eigenvalue weighted by molar-refractivity contribution is -0.121. The monoisotopic (exact) mass is 491 g/mol. The van der Waals surface area contributed by atoms with Gasteiger partial charge in [-0.3, -0.25) is 9.59 Å². The summed E-state index contributed by atoms with van der Waals surface area (Å²) < 4.78 is 0. The molecule has 1 N–H and O–H groups in total. The summed E-state index contributed by atoms with van der Waals surface area (Å²) in [4.78, 5) is 23.8. The molecule has 36 heavy (non-hydrogen) atoms. The number of unbranched alkanes of at least 4 members (excludes halogenated alkanes) is 1. The van der Waals surface area contributed by atoms with E-state index in [1.54, 1.807) is 6.92 Å². The van der Waals surface area contributed by atoms with Crippen LogP contribution in [0.25, 0.3) is 0 Å². The molecule has 0 saturated heterocycles. The highest BCUT2D eigenvalue weighted by molar-refractivity contribution is 5.95. The first-order valence-corrected chi connectivity index (χ1v) is 14.4. The minimum atomic E-state index is 0.163. The number of anilines is 1. The minimum absolute atomic E-state index is 0.163. The topological polar surface area (TPSA) is 46.2 Å².